The van der Waals surface area contributed by atoms with Crippen LogP contribution in [0.1, 0.15) is 19.8 Å². The molecular weight excluding hydrogens is 458 g/mol. The Labute approximate surface area is 190 Å². The molecule has 0 aromatic heterocycles. The highest BCUT2D eigenvalue weighted by Gasteiger charge is 2.30. The number of carbonyl (C=O) groups is 1. The molecule has 10 nitrogen and oxygen atoms in total. The van der Waals surface area contributed by atoms with Crippen molar-refractivity contribution in [1.29, 1.82) is 0 Å². The number of carbonyl (C=O) groups excluding carboxylic acids is 1. The van der Waals surface area contributed by atoms with Gasteiger partial charge in [0, 0.05) is 32.1 Å². The Morgan fingerprint density at radius 1 is 1.03 bits per heavy atom. The number of hydrogen-bond acceptors (Lipinski definition) is 7. The topological polar surface area (TPSA) is 122 Å². The van der Waals surface area contributed by atoms with Crippen LogP contribution < -0.4 is 10.1 Å². The Morgan fingerprint density at radius 2 is 1.66 bits per heavy atom. The maximum atomic E-state index is 12.6. The van der Waals surface area contributed by atoms with Gasteiger partial charge in [0.2, 0.25) is 26.0 Å². The van der Waals surface area contributed by atoms with Gasteiger partial charge in [0.15, 0.2) is 0 Å². The Hall–Kier alpha value is -1.73. The summed E-state index contributed by atoms with van der Waals surface area (Å²) in [5.41, 5.74) is 0. The Morgan fingerprint density at radius 3 is 2.25 bits per heavy atom. The molecular formula is C20H31N3O7S2. The number of sulfonamides is 2. The lowest BCUT2D eigenvalue weighted by atomic mass is 9.97. The molecule has 0 saturated carbocycles. The molecule has 2 aliphatic heterocycles. The number of hydrogen-bond donors (Lipinski definition) is 1. The predicted molar refractivity (Wildman–Crippen MR) is 118 cm³/mol. The van der Waals surface area contributed by atoms with E-state index in [4.69, 9.17) is 9.47 Å². The van der Waals surface area contributed by atoms with Crippen molar-refractivity contribution in [1.82, 2.24) is 13.9 Å². The van der Waals surface area contributed by atoms with Crippen molar-refractivity contribution in [2.24, 2.45) is 5.92 Å². The van der Waals surface area contributed by atoms with Crippen LogP contribution in [0.3, 0.4) is 0 Å². The van der Waals surface area contributed by atoms with Crippen LogP contribution in [0.25, 0.3) is 0 Å². The fraction of sp³-hybridized carbons (Fsp3) is 0.650. The maximum Gasteiger partial charge on any atom is 0.243 e. The Kier molecular flexibility index (Phi) is 8.50. The van der Waals surface area contributed by atoms with Crippen molar-refractivity contribution < 1.29 is 31.1 Å². The van der Waals surface area contributed by atoms with Crippen molar-refractivity contribution in [3.05, 3.63) is 24.3 Å². The van der Waals surface area contributed by atoms with E-state index in [9.17, 15) is 21.6 Å². The maximum absolute atomic E-state index is 12.6. The molecule has 3 rings (SSSR count). The van der Waals surface area contributed by atoms with Crippen LogP contribution in [-0.2, 0) is 29.6 Å². The minimum Gasteiger partial charge on any atom is -0.492 e. The fourth-order valence-corrected chi connectivity index (χ4v) is 6.25. The molecule has 2 heterocycles. The quantitative estimate of drug-likeness (QED) is 0.494. The molecule has 12 heteroatoms. The third kappa shape index (κ3) is 6.19. The van der Waals surface area contributed by atoms with Gasteiger partial charge >= 0.3 is 0 Å². The molecule has 0 spiro atoms. The molecule has 2 saturated heterocycles. The van der Waals surface area contributed by atoms with Crippen LogP contribution in [0, 0.1) is 5.92 Å². The molecule has 1 aromatic rings. The molecule has 1 amide bonds. The molecule has 1 N–H and O–H groups in total. The second-order valence-corrected chi connectivity index (χ2v) is 11.9. The third-order valence-corrected chi connectivity index (χ3v) is 9.48. The van der Waals surface area contributed by atoms with Gasteiger partial charge in [-0.1, -0.05) is 0 Å². The zero-order valence-electron chi connectivity index (χ0n) is 18.2. The molecule has 0 unspecified atom stereocenters. The first-order valence-electron chi connectivity index (χ1n) is 10.8. The van der Waals surface area contributed by atoms with E-state index in [1.54, 1.807) is 19.1 Å². The summed E-state index contributed by atoms with van der Waals surface area (Å²) < 4.78 is 62.7. The lowest BCUT2D eigenvalue weighted by Crippen LogP contribution is -2.44. The lowest BCUT2D eigenvalue weighted by Gasteiger charge is -2.30. The summed E-state index contributed by atoms with van der Waals surface area (Å²) in [7, 11) is -6.75. The second kappa shape index (κ2) is 10.9. The van der Waals surface area contributed by atoms with E-state index in [1.165, 1.54) is 20.7 Å². The molecule has 32 heavy (non-hydrogen) atoms. The van der Waals surface area contributed by atoms with Crippen LogP contribution >= 0.6 is 0 Å². The average molecular weight is 490 g/mol. The first-order chi connectivity index (χ1) is 15.2. The van der Waals surface area contributed by atoms with E-state index in [1.807, 2.05) is 0 Å². The Bertz CT molecular complexity index is 967. The largest absolute Gasteiger partial charge is 0.492 e. The average Bonchev–Trinajstić information content (AvgIpc) is 2.82. The molecule has 2 aliphatic rings. The van der Waals surface area contributed by atoms with Gasteiger partial charge in [0.05, 0.1) is 30.4 Å². The highest BCUT2D eigenvalue weighted by molar-refractivity contribution is 7.89. The fourth-order valence-electron chi connectivity index (χ4n) is 3.71. The van der Waals surface area contributed by atoms with Crippen LogP contribution in [-0.4, -0.2) is 89.7 Å². The zero-order valence-corrected chi connectivity index (χ0v) is 19.9. The summed E-state index contributed by atoms with van der Waals surface area (Å²) in [6.45, 7) is 4.36. The second-order valence-electron chi connectivity index (χ2n) is 7.70. The molecule has 0 atom stereocenters. The standard InChI is InChI=1S/C20H31N3O7S2/c1-2-31(25,26)22-10-7-17(8-11-22)20(24)21-9-14-30-18-3-5-19(6-4-18)32(27,28)23-12-15-29-16-13-23/h3-6,17H,2,7-16H2,1H3,(H,21,24). The summed E-state index contributed by atoms with van der Waals surface area (Å²) >= 11 is 0. The van der Waals surface area contributed by atoms with Gasteiger partial charge in [-0.25, -0.2) is 21.1 Å². The van der Waals surface area contributed by atoms with Crippen LogP contribution in [0.4, 0.5) is 0 Å². The highest BCUT2D eigenvalue weighted by Crippen LogP contribution is 2.21. The molecule has 0 radical (unpaired) electrons. The molecule has 2 fully saturated rings. The highest BCUT2D eigenvalue weighted by atomic mass is 32.2. The van der Waals surface area contributed by atoms with E-state index in [2.05, 4.69) is 5.32 Å². The first-order valence-corrected chi connectivity index (χ1v) is 13.9. The van der Waals surface area contributed by atoms with Crippen molar-refractivity contribution in [3.63, 3.8) is 0 Å². The van der Waals surface area contributed by atoms with E-state index < -0.39 is 20.0 Å². The molecule has 0 bridgehead atoms. The smallest absolute Gasteiger partial charge is 0.243 e. The van der Waals surface area contributed by atoms with Crippen molar-refractivity contribution in [2.45, 2.75) is 24.7 Å². The van der Waals surface area contributed by atoms with Gasteiger partial charge in [-0.3, -0.25) is 4.79 Å². The SMILES string of the molecule is CCS(=O)(=O)N1CCC(C(=O)NCCOc2ccc(S(=O)(=O)N3CCOCC3)cc2)CC1. The molecule has 0 aliphatic carbocycles. The monoisotopic (exact) mass is 489 g/mol. The van der Waals surface area contributed by atoms with Crippen LogP contribution in [0.5, 0.6) is 5.75 Å². The van der Waals surface area contributed by atoms with Crippen molar-refractivity contribution in [2.75, 3.05) is 58.3 Å². The summed E-state index contributed by atoms with van der Waals surface area (Å²) in [6.07, 6.45) is 1.01. The molecule has 1 aromatic carbocycles. The number of amides is 1. The number of piperidine rings is 1. The number of nitrogens with zero attached hydrogens (tertiary/aromatic N) is 2. The summed E-state index contributed by atoms with van der Waals surface area (Å²) in [5.74, 6) is 0.275. The number of ether oxygens (including phenoxy) is 2. The van der Waals surface area contributed by atoms with Crippen LogP contribution in [0.2, 0.25) is 0 Å². The zero-order chi connectivity index (χ0) is 23.2. The van der Waals surface area contributed by atoms with Gasteiger partial charge < -0.3 is 14.8 Å². The third-order valence-electron chi connectivity index (χ3n) is 5.68. The number of rotatable bonds is 9. The van der Waals surface area contributed by atoms with E-state index >= 15 is 0 Å². The summed E-state index contributed by atoms with van der Waals surface area (Å²) in [4.78, 5) is 12.5. The van der Waals surface area contributed by atoms with Gasteiger partial charge in [0.1, 0.15) is 12.4 Å². The minimum absolute atomic E-state index is 0.0708. The number of nitrogens with one attached hydrogen (secondary N) is 1. The predicted octanol–water partition coefficient (Wildman–Crippen LogP) is 0.264. The summed E-state index contributed by atoms with van der Waals surface area (Å²) in [5, 5.41) is 2.82. The lowest BCUT2D eigenvalue weighted by molar-refractivity contribution is -0.126. The number of benzene rings is 1. The van der Waals surface area contributed by atoms with Crippen molar-refractivity contribution >= 4 is 26.0 Å². The van der Waals surface area contributed by atoms with Crippen LogP contribution in [0.15, 0.2) is 29.2 Å². The van der Waals surface area contributed by atoms with E-state index in [-0.39, 0.29) is 29.1 Å². The van der Waals surface area contributed by atoms with Gasteiger partial charge in [-0.15, -0.1) is 0 Å². The normalized spacial score (nSPS) is 19.5. The van der Waals surface area contributed by atoms with Gasteiger partial charge in [0.25, 0.3) is 0 Å². The van der Waals surface area contributed by atoms with Gasteiger partial charge in [-0.05, 0) is 44.0 Å². The Balaban J connectivity index is 1.40. The first kappa shape index (κ1) is 24.9. The van der Waals surface area contributed by atoms with E-state index in [0.29, 0.717) is 64.5 Å². The van der Waals surface area contributed by atoms with E-state index in [0.717, 1.165) is 0 Å². The number of morpholine rings is 1. The molecule has 180 valence electrons. The minimum atomic E-state index is -3.54. The summed E-state index contributed by atoms with van der Waals surface area (Å²) in [6, 6.07) is 6.21. The van der Waals surface area contributed by atoms with Crippen molar-refractivity contribution in [3.8, 4) is 5.75 Å². The van der Waals surface area contributed by atoms with Gasteiger partial charge in [-0.2, -0.15) is 4.31 Å².